The molecule has 0 bridgehead atoms. The number of aromatic amines is 2. The summed E-state index contributed by atoms with van der Waals surface area (Å²) in [5.74, 6) is -0.362. The van der Waals surface area contributed by atoms with Gasteiger partial charge >= 0.3 is 11.9 Å². The third-order valence-corrected chi connectivity index (χ3v) is 7.67. The van der Waals surface area contributed by atoms with Crippen LogP contribution < -0.4 is 17.0 Å². The van der Waals surface area contributed by atoms with Crippen molar-refractivity contribution < 1.29 is 19.1 Å². The number of fused-ring (bicyclic) bond motifs is 1. The maximum atomic E-state index is 12.4. The molecule has 0 radical (unpaired) electrons. The van der Waals surface area contributed by atoms with Gasteiger partial charge in [-0.2, -0.15) is 4.98 Å². The molecule has 0 aliphatic rings. The number of nitrogens with two attached hydrogens (primary N) is 2. The molecule has 3 atom stereocenters. The Hall–Kier alpha value is -2.95. The van der Waals surface area contributed by atoms with Crippen LogP contribution in [0.15, 0.2) is 4.79 Å². The van der Waals surface area contributed by atoms with Gasteiger partial charge in [-0.3, -0.25) is 19.4 Å². The van der Waals surface area contributed by atoms with Gasteiger partial charge in [-0.25, -0.2) is 4.98 Å². The van der Waals surface area contributed by atoms with E-state index in [-0.39, 0.29) is 48.1 Å². The van der Waals surface area contributed by atoms with E-state index in [1.165, 1.54) is 51.4 Å². The Morgan fingerprint density at radius 2 is 1.54 bits per heavy atom. The minimum atomic E-state index is -0.680. The molecule has 0 amide bonds. The fraction of sp³-hybridized carbons (Fsp3) is 0.767. The van der Waals surface area contributed by atoms with Crippen LogP contribution >= 0.6 is 0 Å². The van der Waals surface area contributed by atoms with E-state index in [0.29, 0.717) is 25.1 Å². The summed E-state index contributed by atoms with van der Waals surface area (Å²) in [5, 5.41) is 0. The number of nitrogens with one attached hydrogen (secondary N) is 2. The van der Waals surface area contributed by atoms with Crippen molar-refractivity contribution in [1.29, 1.82) is 0 Å². The van der Waals surface area contributed by atoms with Crippen LogP contribution in [-0.4, -0.2) is 51.1 Å². The SMILES string of the molecule is CCCCCCCCCCCCCC(=O)OCC(CCOC(=O)[C@@H](N)[C@@H](C)CC)Cc1nc2nc(N)[nH]c(=O)c2[nH]1. The summed E-state index contributed by atoms with van der Waals surface area (Å²) in [6.45, 7) is 6.40. The number of esters is 2. The minimum absolute atomic E-state index is 0.0157. The number of ether oxygens (including phenoxy) is 2. The normalized spacial score (nSPS) is 13.7. The fourth-order valence-corrected chi connectivity index (χ4v) is 4.71. The largest absolute Gasteiger partial charge is 0.465 e. The number of carbonyl (C=O) groups excluding carboxylic acids is 2. The second-order valence-electron chi connectivity index (χ2n) is 11.2. The maximum absolute atomic E-state index is 12.4. The molecule has 41 heavy (non-hydrogen) atoms. The van der Waals surface area contributed by atoms with Crippen molar-refractivity contribution in [3.8, 4) is 0 Å². The number of hydrogen-bond acceptors (Lipinski definition) is 9. The number of imidazole rings is 1. The summed E-state index contributed by atoms with van der Waals surface area (Å²) in [5.41, 5.74) is 11.7. The molecule has 11 nitrogen and oxygen atoms in total. The number of nitrogens with zero attached hydrogens (tertiary/aromatic N) is 2. The topological polar surface area (TPSA) is 179 Å². The number of nitrogen functional groups attached to an aromatic ring is 1. The number of rotatable bonds is 22. The summed E-state index contributed by atoms with van der Waals surface area (Å²) >= 11 is 0. The molecule has 0 spiro atoms. The highest BCUT2D eigenvalue weighted by Crippen LogP contribution is 2.16. The first-order chi connectivity index (χ1) is 19.7. The first-order valence-electron chi connectivity index (χ1n) is 15.6. The molecule has 2 aromatic rings. The van der Waals surface area contributed by atoms with Crippen LogP contribution in [0, 0.1) is 11.8 Å². The zero-order valence-electron chi connectivity index (χ0n) is 25.3. The Bertz CT molecular complexity index is 1100. The zero-order chi connectivity index (χ0) is 30.0. The maximum Gasteiger partial charge on any atom is 0.323 e. The van der Waals surface area contributed by atoms with Crippen molar-refractivity contribution in [2.24, 2.45) is 17.6 Å². The zero-order valence-corrected chi connectivity index (χ0v) is 25.3. The van der Waals surface area contributed by atoms with Crippen molar-refractivity contribution in [2.75, 3.05) is 18.9 Å². The van der Waals surface area contributed by atoms with E-state index in [9.17, 15) is 14.4 Å². The van der Waals surface area contributed by atoms with E-state index in [1.54, 1.807) is 0 Å². The number of carbonyl (C=O) groups is 2. The lowest BCUT2D eigenvalue weighted by Crippen LogP contribution is -2.38. The molecule has 2 heterocycles. The number of anilines is 1. The summed E-state index contributed by atoms with van der Waals surface area (Å²) in [7, 11) is 0. The van der Waals surface area contributed by atoms with Crippen molar-refractivity contribution in [2.45, 2.75) is 123 Å². The van der Waals surface area contributed by atoms with Gasteiger partial charge in [-0.1, -0.05) is 91.4 Å². The minimum Gasteiger partial charge on any atom is -0.465 e. The lowest BCUT2D eigenvalue weighted by Gasteiger charge is -2.19. The van der Waals surface area contributed by atoms with Crippen LogP contribution in [0.5, 0.6) is 0 Å². The second kappa shape index (κ2) is 19.2. The van der Waals surface area contributed by atoms with Crippen LogP contribution in [-0.2, 0) is 25.5 Å². The second-order valence-corrected chi connectivity index (χ2v) is 11.2. The summed E-state index contributed by atoms with van der Waals surface area (Å²) in [4.78, 5) is 50.8. The van der Waals surface area contributed by atoms with Gasteiger partial charge in [0.2, 0.25) is 5.95 Å². The van der Waals surface area contributed by atoms with Gasteiger partial charge < -0.3 is 25.9 Å². The van der Waals surface area contributed by atoms with Gasteiger partial charge in [-0.15, -0.1) is 0 Å². The molecule has 0 saturated heterocycles. The fourth-order valence-electron chi connectivity index (χ4n) is 4.71. The monoisotopic (exact) mass is 576 g/mol. The average molecular weight is 577 g/mol. The third kappa shape index (κ3) is 13.1. The van der Waals surface area contributed by atoms with E-state index in [1.807, 2.05) is 13.8 Å². The highest BCUT2D eigenvalue weighted by atomic mass is 16.5. The van der Waals surface area contributed by atoms with Crippen molar-refractivity contribution in [3.63, 3.8) is 0 Å². The van der Waals surface area contributed by atoms with E-state index in [4.69, 9.17) is 20.9 Å². The van der Waals surface area contributed by atoms with Gasteiger partial charge in [0.15, 0.2) is 11.2 Å². The molecule has 6 N–H and O–H groups in total. The summed E-state index contributed by atoms with van der Waals surface area (Å²) in [6, 6.07) is -0.680. The Kier molecular flexibility index (Phi) is 16.1. The molecule has 0 aliphatic heterocycles. The number of H-pyrrole nitrogens is 2. The summed E-state index contributed by atoms with van der Waals surface area (Å²) < 4.78 is 11.0. The van der Waals surface area contributed by atoms with Crippen LogP contribution in [0.25, 0.3) is 11.2 Å². The van der Waals surface area contributed by atoms with E-state index in [2.05, 4.69) is 26.9 Å². The van der Waals surface area contributed by atoms with Gasteiger partial charge in [-0.05, 0) is 18.8 Å². The molecule has 2 rings (SSSR count). The van der Waals surface area contributed by atoms with Gasteiger partial charge in [0.1, 0.15) is 11.9 Å². The average Bonchev–Trinajstić information content (AvgIpc) is 3.36. The van der Waals surface area contributed by atoms with Crippen LogP contribution in [0.1, 0.15) is 116 Å². The Balaban J connectivity index is 1.80. The smallest absolute Gasteiger partial charge is 0.323 e. The Morgan fingerprint density at radius 3 is 2.17 bits per heavy atom. The molecule has 2 aromatic heterocycles. The first-order valence-corrected chi connectivity index (χ1v) is 15.6. The van der Waals surface area contributed by atoms with Crippen molar-refractivity contribution in [1.82, 2.24) is 19.9 Å². The number of unbranched alkanes of at least 4 members (excludes halogenated alkanes) is 10. The lowest BCUT2D eigenvalue weighted by molar-refractivity contribution is -0.149. The molecule has 232 valence electrons. The third-order valence-electron chi connectivity index (χ3n) is 7.67. The number of hydrogen-bond donors (Lipinski definition) is 4. The molecule has 0 fully saturated rings. The molecule has 0 aromatic carbocycles. The van der Waals surface area contributed by atoms with Crippen LogP contribution in [0.4, 0.5) is 5.95 Å². The first kappa shape index (κ1) is 34.3. The number of aromatic nitrogens is 4. The van der Waals surface area contributed by atoms with E-state index < -0.39 is 17.6 Å². The van der Waals surface area contributed by atoms with Crippen LogP contribution in [0.3, 0.4) is 0 Å². The van der Waals surface area contributed by atoms with Gasteiger partial charge in [0.05, 0.1) is 13.2 Å². The molecular weight excluding hydrogens is 524 g/mol. The Labute approximate surface area is 243 Å². The van der Waals surface area contributed by atoms with Gasteiger partial charge in [0, 0.05) is 18.8 Å². The predicted octanol–water partition coefficient (Wildman–Crippen LogP) is 4.94. The van der Waals surface area contributed by atoms with Crippen molar-refractivity contribution in [3.05, 3.63) is 16.2 Å². The molecule has 11 heteroatoms. The lowest BCUT2D eigenvalue weighted by atomic mass is 10.0. The van der Waals surface area contributed by atoms with Gasteiger partial charge in [0.25, 0.3) is 5.56 Å². The molecule has 1 unspecified atom stereocenters. The summed E-state index contributed by atoms with van der Waals surface area (Å²) in [6.07, 6.45) is 15.3. The molecule has 0 saturated carbocycles. The standard InChI is InChI=1S/C30H52N6O5/c1-4-6-7-8-9-10-11-12-13-14-15-16-24(37)41-20-22(17-18-40-29(39)25(31)21(3)5-2)19-23-33-26-27(34-23)35-30(32)36-28(26)38/h21-22,25H,4-20,31H2,1-3H3,(H4,32,33,34,35,36,38)/t21-,22?,25-/m0/s1. The Morgan fingerprint density at radius 1 is 0.902 bits per heavy atom. The van der Waals surface area contributed by atoms with E-state index in [0.717, 1.165) is 25.7 Å². The highest BCUT2D eigenvalue weighted by Gasteiger charge is 2.22. The van der Waals surface area contributed by atoms with Crippen LogP contribution in [0.2, 0.25) is 0 Å². The highest BCUT2D eigenvalue weighted by molar-refractivity contribution is 5.75. The predicted molar refractivity (Wildman–Crippen MR) is 161 cm³/mol. The molecular formula is C30H52N6O5. The van der Waals surface area contributed by atoms with E-state index >= 15 is 0 Å². The van der Waals surface area contributed by atoms with Crippen molar-refractivity contribution >= 4 is 29.1 Å². The molecule has 0 aliphatic carbocycles. The quantitative estimate of drug-likeness (QED) is 0.112.